The van der Waals surface area contributed by atoms with Crippen LogP contribution in [0.4, 0.5) is 8.78 Å². The van der Waals surface area contributed by atoms with Crippen molar-refractivity contribution in [2.75, 3.05) is 5.75 Å². The largest absolute Gasteiger partial charge is 0.456 e. The minimum atomic E-state index is -3.46. The molecule has 8 nitrogen and oxygen atoms in total. The van der Waals surface area contributed by atoms with Crippen molar-refractivity contribution in [2.24, 2.45) is 0 Å². The van der Waals surface area contributed by atoms with Gasteiger partial charge in [0.15, 0.2) is 38.0 Å². The molecule has 0 amide bonds. The number of imidazole rings is 1. The molecule has 5 aromatic rings. The molecule has 0 bridgehead atoms. The summed E-state index contributed by atoms with van der Waals surface area (Å²) in [5.41, 5.74) is 1.45. The van der Waals surface area contributed by atoms with Crippen LogP contribution in [0.2, 0.25) is 0 Å². The lowest BCUT2D eigenvalue weighted by atomic mass is 10.2. The lowest BCUT2D eigenvalue weighted by Gasteiger charge is -2.11. The highest BCUT2D eigenvalue weighted by Crippen LogP contribution is 2.37. The highest BCUT2D eigenvalue weighted by atomic mass is 32.2. The van der Waals surface area contributed by atoms with E-state index in [1.807, 2.05) is 6.07 Å². The van der Waals surface area contributed by atoms with Crippen LogP contribution >= 0.6 is 0 Å². The molecule has 36 heavy (non-hydrogen) atoms. The number of ether oxygens (including phenoxy) is 2. The molecule has 2 aromatic carbocycles. The number of pyridine rings is 2. The van der Waals surface area contributed by atoms with Crippen LogP contribution in [0.15, 0.2) is 78.1 Å². The summed E-state index contributed by atoms with van der Waals surface area (Å²) in [6.45, 7) is 1.53. The van der Waals surface area contributed by atoms with Gasteiger partial charge in [-0.3, -0.25) is 4.98 Å². The number of benzene rings is 2. The van der Waals surface area contributed by atoms with Crippen molar-refractivity contribution in [1.29, 1.82) is 0 Å². The summed E-state index contributed by atoms with van der Waals surface area (Å²) in [7, 11) is -3.46. The molecule has 0 aliphatic heterocycles. The number of fused-ring (bicyclic) bond motifs is 1. The molecule has 0 aliphatic carbocycles. The van der Waals surface area contributed by atoms with Gasteiger partial charge in [0.2, 0.25) is 0 Å². The number of hydrogen-bond donors (Lipinski definition) is 1. The van der Waals surface area contributed by atoms with Gasteiger partial charge in [0.05, 0.1) is 17.5 Å². The van der Waals surface area contributed by atoms with Gasteiger partial charge in [0, 0.05) is 24.4 Å². The topological polar surface area (TPSA) is 107 Å². The lowest BCUT2D eigenvalue weighted by Crippen LogP contribution is -2.05. The summed E-state index contributed by atoms with van der Waals surface area (Å²) >= 11 is 0. The van der Waals surface area contributed by atoms with E-state index < -0.39 is 21.5 Å². The van der Waals surface area contributed by atoms with Crippen LogP contribution in [0.3, 0.4) is 0 Å². The SMILES string of the molecule is CCS(=O)(=O)c1ccc(Oc2cc(Oc3ccc(F)cc3F)c3nc(-c4ccccn4)[nH]c3c2)cn1. The number of rotatable bonds is 7. The van der Waals surface area contributed by atoms with Crippen LogP contribution in [0.5, 0.6) is 23.0 Å². The minimum Gasteiger partial charge on any atom is -0.456 e. The number of sulfone groups is 1. The molecule has 0 fully saturated rings. The van der Waals surface area contributed by atoms with E-state index in [2.05, 4.69) is 19.9 Å². The Labute approximate surface area is 204 Å². The maximum atomic E-state index is 14.3. The van der Waals surface area contributed by atoms with E-state index in [1.54, 1.807) is 24.4 Å². The Bertz CT molecular complexity index is 1660. The van der Waals surface area contributed by atoms with Gasteiger partial charge in [-0.05, 0) is 36.4 Å². The van der Waals surface area contributed by atoms with Gasteiger partial charge in [-0.15, -0.1) is 0 Å². The van der Waals surface area contributed by atoms with Crippen LogP contribution in [0.1, 0.15) is 6.92 Å². The Morgan fingerprint density at radius 1 is 0.917 bits per heavy atom. The normalized spacial score (nSPS) is 11.5. The summed E-state index contributed by atoms with van der Waals surface area (Å²) in [4.78, 5) is 15.9. The van der Waals surface area contributed by atoms with Crippen molar-refractivity contribution in [2.45, 2.75) is 11.9 Å². The van der Waals surface area contributed by atoms with Crippen molar-refractivity contribution in [3.8, 4) is 34.5 Å². The van der Waals surface area contributed by atoms with E-state index in [4.69, 9.17) is 9.47 Å². The Morgan fingerprint density at radius 3 is 2.47 bits per heavy atom. The van der Waals surface area contributed by atoms with Crippen molar-refractivity contribution in [3.05, 3.63) is 84.7 Å². The smallest absolute Gasteiger partial charge is 0.195 e. The van der Waals surface area contributed by atoms with Crippen LogP contribution in [0.25, 0.3) is 22.6 Å². The van der Waals surface area contributed by atoms with E-state index in [9.17, 15) is 17.2 Å². The number of aromatic amines is 1. The maximum Gasteiger partial charge on any atom is 0.195 e. The number of nitrogens with zero attached hydrogens (tertiary/aromatic N) is 3. The summed E-state index contributed by atoms with van der Waals surface area (Å²) in [5.74, 6) is -0.750. The van der Waals surface area contributed by atoms with E-state index in [1.165, 1.54) is 37.4 Å². The molecule has 0 radical (unpaired) electrons. The van der Waals surface area contributed by atoms with Crippen LogP contribution in [-0.4, -0.2) is 34.1 Å². The molecule has 0 saturated heterocycles. The van der Waals surface area contributed by atoms with Gasteiger partial charge < -0.3 is 14.5 Å². The fourth-order valence-electron chi connectivity index (χ4n) is 3.39. The number of H-pyrrole nitrogens is 1. The Morgan fingerprint density at radius 2 is 1.78 bits per heavy atom. The van der Waals surface area contributed by atoms with E-state index in [-0.39, 0.29) is 33.8 Å². The number of nitrogens with one attached hydrogen (secondary N) is 1. The highest BCUT2D eigenvalue weighted by Gasteiger charge is 2.17. The fraction of sp³-hybridized carbons (Fsp3) is 0.0800. The highest BCUT2D eigenvalue weighted by molar-refractivity contribution is 7.91. The Hall–Kier alpha value is -4.38. The van der Waals surface area contributed by atoms with E-state index in [0.717, 1.165) is 6.07 Å². The van der Waals surface area contributed by atoms with Crippen molar-refractivity contribution < 1.29 is 26.7 Å². The molecule has 0 saturated carbocycles. The zero-order valence-electron chi connectivity index (χ0n) is 18.8. The molecule has 5 rings (SSSR count). The first-order valence-corrected chi connectivity index (χ1v) is 12.4. The number of halogens is 2. The monoisotopic (exact) mass is 508 g/mol. The third kappa shape index (κ3) is 4.73. The first-order valence-electron chi connectivity index (χ1n) is 10.8. The van der Waals surface area contributed by atoms with E-state index in [0.29, 0.717) is 28.6 Å². The molecule has 0 atom stereocenters. The lowest BCUT2D eigenvalue weighted by molar-refractivity contribution is 0.434. The summed E-state index contributed by atoms with van der Waals surface area (Å²) in [6.07, 6.45) is 2.91. The van der Waals surface area contributed by atoms with Crippen LogP contribution in [0, 0.1) is 11.6 Å². The standard InChI is InChI=1S/C25H18F2N4O4S/c1-2-36(32,33)23-9-7-16(14-29-23)34-17-12-20-24(31-25(30-20)19-5-3-4-10-28-19)22(13-17)35-21-8-6-15(26)11-18(21)27/h3-14H,2H2,1H3,(H,30,31). The molecular formula is C25H18F2N4O4S. The zero-order valence-corrected chi connectivity index (χ0v) is 19.6. The maximum absolute atomic E-state index is 14.3. The van der Waals surface area contributed by atoms with Crippen LogP contribution < -0.4 is 9.47 Å². The molecule has 11 heteroatoms. The van der Waals surface area contributed by atoms with Gasteiger partial charge >= 0.3 is 0 Å². The Kier molecular flexibility index (Phi) is 6.06. The fourth-order valence-corrected chi connectivity index (χ4v) is 4.18. The molecule has 3 aromatic heterocycles. The predicted molar refractivity (Wildman–Crippen MR) is 128 cm³/mol. The van der Waals surface area contributed by atoms with Crippen molar-refractivity contribution in [1.82, 2.24) is 19.9 Å². The van der Waals surface area contributed by atoms with Gasteiger partial charge in [0.25, 0.3) is 0 Å². The Balaban J connectivity index is 1.56. The van der Waals surface area contributed by atoms with E-state index >= 15 is 0 Å². The van der Waals surface area contributed by atoms with Crippen molar-refractivity contribution in [3.63, 3.8) is 0 Å². The second-order valence-corrected chi connectivity index (χ2v) is 9.86. The van der Waals surface area contributed by atoms with Gasteiger partial charge in [0.1, 0.15) is 28.5 Å². The first kappa shape index (κ1) is 23.4. The molecule has 182 valence electrons. The predicted octanol–water partition coefficient (Wildman–Crippen LogP) is 5.68. The molecule has 0 unspecified atom stereocenters. The second-order valence-electron chi connectivity index (χ2n) is 7.63. The third-order valence-corrected chi connectivity index (χ3v) is 6.83. The summed E-state index contributed by atoms with van der Waals surface area (Å²) < 4.78 is 63.4. The van der Waals surface area contributed by atoms with Gasteiger partial charge in [-0.25, -0.2) is 27.2 Å². The summed E-state index contributed by atoms with van der Waals surface area (Å²) in [5, 5.41) is -0.0582. The van der Waals surface area contributed by atoms with Crippen molar-refractivity contribution >= 4 is 20.9 Å². The third-order valence-electron chi connectivity index (χ3n) is 5.19. The average Bonchev–Trinajstić information content (AvgIpc) is 3.31. The zero-order chi connectivity index (χ0) is 25.3. The minimum absolute atomic E-state index is 0.0582. The average molecular weight is 509 g/mol. The molecular weight excluding hydrogens is 490 g/mol. The number of hydrogen-bond acceptors (Lipinski definition) is 7. The summed E-state index contributed by atoms with van der Waals surface area (Å²) in [6, 6.07) is 14.3. The second kappa shape index (κ2) is 9.34. The molecule has 1 N–H and O–H groups in total. The first-order chi connectivity index (χ1) is 17.3. The number of aromatic nitrogens is 4. The molecule has 0 aliphatic rings. The van der Waals surface area contributed by atoms with Crippen LogP contribution in [-0.2, 0) is 9.84 Å². The molecule has 3 heterocycles. The van der Waals surface area contributed by atoms with Gasteiger partial charge in [-0.2, -0.15) is 0 Å². The quantitative estimate of drug-likeness (QED) is 0.302. The van der Waals surface area contributed by atoms with Gasteiger partial charge in [-0.1, -0.05) is 13.0 Å². The molecule has 0 spiro atoms.